The van der Waals surface area contributed by atoms with E-state index in [-0.39, 0.29) is 25.3 Å². The predicted molar refractivity (Wildman–Crippen MR) is 60.0 cm³/mol. The molecule has 6 nitrogen and oxygen atoms in total. The second-order valence-corrected chi connectivity index (χ2v) is 4.70. The molecular formula is C11H18N2O4. The van der Waals surface area contributed by atoms with Crippen LogP contribution in [0.1, 0.15) is 38.5 Å². The summed E-state index contributed by atoms with van der Waals surface area (Å²) >= 11 is 0. The highest BCUT2D eigenvalue weighted by Crippen LogP contribution is 2.43. The van der Waals surface area contributed by atoms with E-state index in [1.54, 1.807) is 0 Å². The van der Waals surface area contributed by atoms with Gasteiger partial charge in [-0.1, -0.05) is 12.8 Å². The third kappa shape index (κ3) is 4.42. The van der Waals surface area contributed by atoms with Crippen molar-refractivity contribution >= 4 is 17.8 Å². The van der Waals surface area contributed by atoms with E-state index >= 15 is 0 Å². The Labute approximate surface area is 99.6 Å². The number of carboxylic acid groups (broad SMARTS) is 1. The minimum absolute atomic E-state index is 0.0109. The van der Waals surface area contributed by atoms with Gasteiger partial charge in [0.15, 0.2) is 0 Å². The number of hydrogen-bond acceptors (Lipinski definition) is 3. The Morgan fingerprint density at radius 3 is 2.24 bits per heavy atom. The van der Waals surface area contributed by atoms with Crippen LogP contribution in [0.3, 0.4) is 0 Å². The molecule has 0 spiro atoms. The van der Waals surface area contributed by atoms with E-state index in [0.29, 0.717) is 0 Å². The standard InChI is InChI=1S/C11H18N2O4/c12-8(14)7-13-9(15)5-11(6-10(16)17)3-1-2-4-11/h1-7H2,(H2,12,14)(H,13,15)(H,16,17). The monoisotopic (exact) mass is 242 g/mol. The van der Waals surface area contributed by atoms with Gasteiger partial charge in [-0.3, -0.25) is 14.4 Å². The lowest BCUT2D eigenvalue weighted by molar-refractivity contribution is -0.140. The van der Waals surface area contributed by atoms with E-state index in [0.717, 1.165) is 25.7 Å². The third-order valence-electron chi connectivity index (χ3n) is 3.19. The average molecular weight is 242 g/mol. The Morgan fingerprint density at radius 1 is 1.18 bits per heavy atom. The van der Waals surface area contributed by atoms with Gasteiger partial charge in [0.25, 0.3) is 0 Å². The van der Waals surface area contributed by atoms with Gasteiger partial charge in [-0.25, -0.2) is 0 Å². The number of rotatable bonds is 6. The van der Waals surface area contributed by atoms with Crippen molar-refractivity contribution < 1.29 is 19.5 Å². The molecular weight excluding hydrogens is 224 g/mol. The smallest absolute Gasteiger partial charge is 0.303 e. The minimum atomic E-state index is -0.880. The fourth-order valence-electron chi connectivity index (χ4n) is 2.45. The Hall–Kier alpha value is -1.59. The van der Waals surface area contributed by atoms with Crippen LogP contribution in [0.2, 0.25) is 0 Å². The average Bonchev–Trinajstić information content (AvgIpc) is 2.62. The van der Waals surface area contributed by atoms with E-state index in [9.17, 15) is 14.4 Å². The van der Waals surface area contributed by atoms with Crippen molar-refractivity contribution in [3.05, 3.63) is 0 Å². The van der Waals surface area contributed by atoms with Crippen LogP contribution in [0, 0.1) is 5.41 Å². The molecule has 0 bridgehead atoms. The predicted octanol–water partition coefficient (Wildman–Crippen LogP) is 0.0131. The first kappa shape index (κ1) is 13.5. The second kappa shape index (κ2) is 5.65. The molecule has 0 heterocycles. The molecule has 1 aliphatic rings. The van der Waals surface area contributed by atoms with E-state index in [2.05, 4.69) is 5.32 Å². The van der Waals surface area contributed by atoms with Crippen molar-refractivity contribution in [2.75, 3.05) is 6.54 Å². The van der Waals surface area contributed by atoms with Crippen LogP contribution >= 0.6 is 0 Å². The summed E-state index contributed by atoms with van der Waals surface area (Å²) in [6.45, 7) is -0.192. The molecule has 0 aromatic carbocycles. The van der Waals surface area contributed by atoms with Gasteiger partial charge in [0.1, 0.15) is 0 Å². The fraction of sp³-hybridized carbons (Fsp3) is 0.727. The molecule has 0 unspecified atom stereocenters. The first-order valence-electron chi connectivity index (χ1n) is 5.70. The lowest BCUT2D eigenvalue weighted by Crippen LogP contribution is -2.36. The summed E-state index contributed by atoms with van der Waals surface area (Å²) in [4.78, 5) is 32.9. The maximum absolute atomic E-state index is 11.6. The molecule has 4 N–H and O–H groups in total. The van der Waals surface area contributed by atoms with Crippen molar-refractivity contribution in [3.63, 3.8) is 0 Å². The quantitative estimate of drug-likeness (QED) is 0.609. The van der Waals surface area contributed by atoms with Crippen molar-refractivity contribution in [2.24, 2.45) is 11.1 Å². The third-order valence-corrected chi connectivity index (χ3v) is 3.19. The van der Waals surface area contributed by atoms with Gasteiger partial charge in [0, 0.05) is 6.42 Å². The summed E-state index contributed by atoms with van der Waals surface area (Å²) in [7, 11) is 0. The van der Waals surface area contributed by atoms with Crippen LogP contribution in [-0.4, -0.2) is 29.4 Å². The fourth-order valence-corrected chi connectivity index (χ4v) is 2.45. The molecule has 1 fully saturated rings. The SMILES string of the molecule is NC(=O)CNC(=O)CC1(CC(=O)O)CCCC1. The zero-order valence-corrected chi connectivity index (χ0v) is 9.70. The summed E-state index contributed by atoms with van der Waals surface area (Å²) in [5.41, 5.74) is 4.48. The number of nitrogens with two attached hydrogens (primary N) is 1. The van der Waals surface area contributed by atoms with E-state index in [1.165, 1.54) is 0 Å². The number of carbonyl (C=O) groups excluding carboxylic acids is 2. The zero-order chi connectivity index (χ0) is 12.9. The summed E-state index contributed by atoms with van der Waals surface area (Å²) in [5.74, 6) is -1.78. The summed E-state index contributed by atoms with van der Waals surface area (Å²) in [5, 5.41) is 11.3. The highest BCUT2D eigenvalue weighted by molar-refractivity contribution is 5.84. The normalized spacial score (nSPS) is 17.6. The van der Waals surface area contributed by atoms with E-state index in [1.807, 2.05) is 0 Å². The highest BCUT2D eigenvalue weighted by Gasteiger charge is 2.37. The topological polar surface area (TPSA) is 109 Å². The Morgan fingerprint density at radius 2 is 1.76 bits per heavy atom. The molecule has 0 aromatic heterocycles. The maximum Gasteiger partial charge on any atom is 0.303 e. The molecule has 1 rings (SSSR count). The second-order valence-electron chi connectivity index (χ2n) is 4.70. The molecule has 0 saturated heterocycles. The Kier molecular flexibility index (Phi) is 4.48. The van der Waals surface area contributed by atoms with Crippen LogP contribution in [-0.2, 0) is 14.4 Å². The van der Waals surface area contributed by atoms with Gasteiger partial charge < -0.3 is 16.2 Å². The molecule has 0 aromatic rings. The van der Waals surface area contributed by atoms with Gasteiger partial charge in [-0.05, 0) is 18.3 Å². The lowest BCUT2D eigenvalue weighted by Gasteiger charge is -2.26. The van der Waals surface area contributed by atoms with Gasteiger partial charge in [0.2, 0.25) is 11.8 Å². The lowest BCUT2D eigenvalue weighted by atomic mass is 9.79. The first-order chi connectivity index (χ1) is 7.93. The molecule has 17 heavy (non-hydrogen) atoms. The van der Waals surface area contributed by atoms with Crippen molar-refractivity contribution in [3.8, 4) is 0 Å². The number of carbonyl (C=O) groups is 3. The number of amides is 2. The number of nitrogens with one attached hydrogen (secondary N) is 1. The number of hydrogen-bond donors (Lipinski definition) is 3. The van der Waals surface area contributed by atoms with Crippen molar-refractivity contribution in [1.29, 1.82) is 0 Å². The van der Waals surface area contributed by atoms with Crippen LogP contribution < -0.4 is 11.1 Å². The van der Waals surface area contributed by atoms with Gasteiger partial charge in [-0.2, -0.15) is 0 Å². The summed E-state index contributed by atoms with van der Waals surface area (Å²) in [6.07, 6.45) is 3.59. The van der Waals surface area contributed by atoms with Crippen LogP contribution in [0.5, 0.6) is 0 Å². The summed E-state index contributed by atoms with van der Waals surface area (Å²) < 4.78 is 0. The van der Waals surface area contributed by atoms with E-state index < -0.39 is 17.3 Å². The Bertz CT molecular complexity index is 321. The molecule has 0 aliphatic heterocycles. The Balaban J connectivity index is 2.51. The van der Waals surface area contributed by atoms with Crippen molar-refractivity contribution in [1.82, 2.24) is 5.32 Å². The molecule has 1 aliphatic carbocycles. The maximum atomic E-state index is 11.6. The molecule has 2 amide bonds. The number of carboxylic acids is 1. The largest absolute Gasteiger partial charge is 0.481 e. The first-order valence-corrected chi connectivity index (χ1v) is 5.70. The van der Waals surface area contributed by atoms with Gasteiger partial charge in [0.05, 0.1) is 13.0 Å². The van der Waals surface area contributed by atoms with Gasteiger partial charge in [-0.15, -0.1) is 0 Å². The van der Waals surface area contributed by atoms with E-state index in [4.69, 9.17) is 10.8 Å². The van der Waals surface area contributed by atoms with Crippen LogP contribution in [0.4, 0.5) is 0 Å². The van der Waals surface area contributed by atoms with Crippen LogP contribution in [0.15, 0.2) is 0 Å². The van der Waals surface area contributed by atoms with Crippen LogP contribution in [0.25, 0.3) is 0 Å². The molecule has 96 valence electrons. The highest BCUT2D eigenvalue weighted by atomic mass is 16.4. The molecule has 0 atom stereocenters. The van der Waals surface area contributed by atoms with Crippen molar-refractivity contribution in [2.45, 2.75) is 38.5 Å². The zero-order valence-electron chi connectivity index (χ0n) is 9.70. The number of aliphatic carboxylic acids is 1. The molecule has 6 heteroatoms. The molecule has 1 saturated carbocycles. The number of primary amides is 1. The summed E-state index contributed by atoms with van der Waals surface area (Å²) in [6, 6.07) is 0. The molecule has 0 radical (unpaired) electrons. The van der Waals surface area contributed by atoms with Gasteiger partial charge >= 0.3 is 5.97 Å². The minimum Gasteiger partial charge on any atom is -0.481 e.